The lowest BCUT2D eigenvalue weighted by molar-refractivity contribution is 0.615. The normalized spacial score (nSPS) is 14.1. The molecule has 3 aromatic rings. The predicted octanol–water partition coefficient (Wildman–Crippen LogP) is 7.77. The third kappa shape index (κ3) is 4.83. The minimum Gasteiger partial charge on any atom is -0.242 e. The number of hydrogen-bond donors (Lipinski definition) is 0. The summed E-state index contributed by atoms with van der Waals surface area (Å²) in [6.07, 6.45) is 15.8. The first-order chi connectivity index (χ1) is 14.7. The molecule has 4 rings (SSSR count). The van der Waals surface area contributed by atoms with Crippen molar-refractivity contribution in [2.45, 2.75) is 96.4 Å². The molecule has 0 spiro atoms. The zero-order chi connectivity index (χ0) is 20.9. The molecule has 0 saturated heterocycles. The molecule has 3 aromatic heterocycles. The maximum absolute atomic E-state index is 5.19. The Kier molecular flexibility index (Phi) is 7.64. The van der Waals surface area contributed by atoms with Gasteiger partial charge in [-0.1, -0.05) is 52.9 Å². The molecule has 0 radical (unpaired) electrons. The summed E-state index contributed by atoms with van der Waals surface area (Å²) >= 11 is 3.73. The fourth-order valence-corrected chi connectivity index (χ4v) is 6.88. The van der Waals surface area contributed by atoms with Gasteiger partial charge in [-0.2, -0.15) is 0 Å². The van der Waals surface area contributed by atoms with Gasteiger partial charge in [0.1, 0.15) is 16.2 Å². The molecule has 0 amide bonds. The van der Waals surface area contributed by atoms with E-state index in [0.29, 0.717) is 5.92 Å². The molecule has 0 atom stereocenters. The van der Waals surface area contributed by atoms with Crippen LogP contribution in [0.4, 0.5) is 0 Å². The predicted molar refractivity (Wildman–Crippen MR) is 132 cm³/mol. The standard InChI is InChI=1S/C25H35N3S2/c1-4-5-6-7-8-11-14-29-25-23-22(26-16-27-25)21-19-13-10-9-12-18(19)20(15-17(2)3)28-24(21)30-23/h16-17H,4-15H2,1-3H3. The molecule has 0 N–H and O–H groups in total. The van der Waals surface area contributed by atoms with Crippen LogP contribution in [-0.2, 0) is 19.3 Å². The number of thioether (sulfide) groups is 1. The summed E-state index contributed by atoms with van der Waals surface area (Å²) in [6.45, 7) is 6.88. The number of nitrogens with zero attached hydrogens (tertiary/aromatic N) is 3. The Morgan fingerprint density at radius 1 is 1.00 bits per heavy atom. The Morgan fingerprint density at radius 3 is 2.57 bits per heavy atom. The summed E-state index contributed by atoms with van der Waals surface area (Å²) < 4.78 is 1.26. The van der Waals surface area contributed by atoms with Crippen LogP contribution < -0.4 is 0 Å². The minimum atomic E-state index is 0.638. The molecule has 0 bridgehead atoms. The van der Waals surface area contributed by atoms with Crippen molar-refractivity contribution in [3.05, 3.63) is 23.1 Å². The average molecular weight is 442 g/mol. The molecule has 5 heteroatoms. The van der Waals surface area contributed by atoms with Crippen molar-refractivity contribution in [1.29, 1.82) is 0 Å². The quantitative estimate of drug-likeness (QED) is 0.183. The van der Waals surface area contributed by atoms with Crippen LogP contribution >= 0.6 is 23.1 Å². The Bertz CT molecular complexity index is 993. The van der Waals surface area contributed by atoms with Gasteiger partial charge in [-0.3, -0.25) is 0 Å². The molecule has 162 valence electrons. The number of fused-ring (bicyclic) bond motifs is 5. The molecule has 1 aliphatic carbocycles. The number of pyridine rings is 1. The van der Waals surface area contributed by atoms with Crippen molar-refractivity contribution in [2.24, 2.45) is 5.92 Å². The van der Waals surface area contributed by atoms with Crippen molar-refractivity contribution in [3.8, 4) is 0 Å². The molecule has 3 nitrogen and oxygen atoms in total. The van der Waals surface area contributed by atoms with Crippen molar-refractivity contribution in [2.75, 3.05) is 5.75 Å². The molecule has 1 aliphatic rings. The smallest absolute Gasteiger partial charge is 0.126 e. The average Bonchev–Trinajstić information content (AvgIpc) is 3.12. The van der Waals surface area contributed by atoms with Gasteiger partial charge in [0, 0.05) is 11.1 Å². The van der Waals surface area contributed by atoms with Gasteiger partial charge in [-0.15, -0.1) is 23.1 Å². The Morgan fingerprint density at radius 2 is 1.77 bits per heavy atom. The van der Waals surface area contributed by atoms with E-state index in [-0.39, 0.29) is 0 Å². The zero-order valence-corrected chi connectivity index (χ0v) is 20.4. The Labute approximate surface area is 189 Å². The largest absolute Gasteiger partial charge is 0.242 e. The van der Waals surface area contributed by atoms with E-state index in [4.69, 9.17) is 9.97 Å². The van der Waals surface area contributed by atoms with E-state index < -0.39 is 0 Å². The fourth-order valence-electron chi connectivity index (χ4n) is 4.63. The molecule has 0 aromatic carbocycles. The Balaban J connectivity index is 1.62. The number of aromatic nitrogens is 3. The lowest BCUT2D eigenvalue weighted by Crippen LogP contribution is -2.11. The molecule has 0 aliphatic heterocycles. The molecule has 0 unspecified atom stereocenters. The van der Waals surface area contributed by atoms with Gasteiger partial charge in [0.15, 0.2) is 0 Å². The van der Waals surface area contributed by atoms with Crippen LogP contribution in [0.5, 0.6) is 0 Å². The van der Waals surface area contributed by atoms with Gasteiger partial charge in [-0.05, 0) is 61.3 Å². The highest BCUT2D eigenvalue weighted by molar-refractivity contribution is 7.99. The highest BCUT2D eigenvalue weighted by Gasteiger charge is 2.23. The monoisotopic (exact) mass is 441 g/mol. The summed E-state index contributed by atoms with van der Waals surface area (Å²) in [4.78, 5) is 15.8. The fraction of sp³-hybridized carbons (Fsp3) is 0.640. The number of aryl methyl sites for hydroxylation is 1. The van der Waals surface area contributed by atoms with Crippen LogP contribution in [0.1, 0.15) is 89.0 Å². The summed E-state index contributed by atoms with van der Waals surface area (Å²) in [7, 11) is 0. The van der Waals surface area contributed by atoms with Crippen molar-refractivity contribution in [3.63, 3.8) is 0 Å². The summed E-state index contributed by atoms with van der Waals surface area (Å²) in [5.41, 5.74) is 5.56. The molecule has 3 heterocycles. The van der Waals surface area contributed by atoms with Gasteiger partial charge in [0.05, 0.1) is 10.2 Å². The minimum absolute atomic E-state index is 0.638. The number of unbranched alkanes of at least 4 members (excludes halogenated alkanes) is 5. The third-order valence-electron chi connectivity index (χ3n) is 6.11. The van der Waals surface area contributed by atoms with Crippen LogP contribution in [0.25, 0.3) is 20.4 Å². The number of thiophene rings is 1. The van der Waals surface area contributed by atoms with E-state index in [1.54, 1.807) is 11.9 Å². The van der Waals surface area contributed by atoms with Crippen molar-refractivity contribution >= 4 is 43.5 Å². The maximum atomic E-state index is 5.19. The van der Waals surface area contributed by atoms with Gasteiger partial charge in [-0.25, -0.2) is 15.0 Å². The first-order valence-corrected chi connectivity index (χ1v) is 13.7. The first kappa shape index (κ1) is 22.0. The topological polar surface area (TPSA) is 38.7 Å². The van der Waals surface area contributed by atoms with Crippen molar-refractivity contribution in [1.82, 2.24) is 15.0 Å². The van der Waals surface area contributed by atoms with Gasteiger partial charge >= 0.3 is 0 Å². The maximum Gasteiger partial charge on any atom is 0.126 e. The van der Waals surface area contributed by atoms with Gasteiger partial charge in [0.2, 0.25) is 0 Å². The lowest BCUT2D eigenvalue weighted by atomic mass is 9.87. The van der Waals surface area contributed by atoms with Crippen molar-refractivity contribution < 1.29 is 0 Å². The molecular formula is C25H35N3S2. The SMILES string of the molecule is CCCCCCCCSc1ncnc2c1sc1nc(CC(C)C)c3c(c12)CCCC3. The molecule has 0 saturated carbocycles. The third-order valence-corrected chi connectivity index (χ3v) is 8.40. The van der Waals surface area contributed by atoms with Crippen LogP contribution in [0.3, 0.4) is 0 Å². The number of rotatable bonds is 10. The lowest BCUT2D eigenvalue weighted by Gasteiger charge is -2.20. The van der Waals surface area contributed by atoms with Gasteiger partial charge in [0.25, 0.3) is 0 Å². The van der Waals surface area contributed by atoms with E-state index in [2.05, 4.69) is 25.8 Å². The second-order valence-corrected chi connectivity index (χ2v) is 11.2. The Hall–Kier alpha value is -1.20. The van der Waals surface area contributed by atoms with E-state index >= 15 is 0 Å². The van der Waals surface area contributed by atoms with Gasteiger partial charge < -0.3 is 0 Å². The van der Waals surface area contributed by atoms with Crippen LogP contribution in [0.15, 0.2) is 11.4 Å². The second-order valence-electron chi connectivity index (χ2n) is 9.08. The summed E-state index contributed by atoms with van der Waals surface area (Å²) in [6, 6.07) is 0. The van der Waals surface area contributed by atoms with E-state index in [1.807, 2.05) is 23.1 Å². The highest BCUT2D eigenvalue weighted by atomic mass is 32.2. The first-order valence-electron chi connectivity index (χ1n) is 11.9. The highest BCUT2D eigenvalue weighted by Crippen LogP contribution is 2.41. The van der Waals surface area contributed by atoms with Crippen LogP contribution in [0, 0.1) is 5.92 Å². The molecule has 0 fully saturated rings. The second kappa shape index (κ2) is 10.4. The van der Waals surface area contributed by atoms with Crippen LogP contribution in [0.2, 0.25) is 0 Å². The summed E-state index contributed by atoms with van der Waals surface area (Å²) in [5, 5.41) is 2.49. The van der Waals surface area contributed by atoms with E-state index in [1.165, 1.54) is 90.4 Å². The molecular weight excluding hydrogens is 406 g/mol. The zero-order valence-electron chi connectivity index (χ0n) is 18.8. The molecule has 30 heavy (non-hydrogen) atoms. The number of hydrogen-bond acceptors (Lipinski definition) is 5. The van der Waals surface area contributed by atoms with Crippen LogP contribution in [-0.4, -0.2) is 20.7 Å². The van der Waals surface area contributed by atoms with E-state index in [9.17, 15) is 0 Å². The van der Waals surface area contributed by atoms with E-state index in [0.717, 1.165) is 22.7 Å². The summed E-state index contributed by atoms with van der Waals surface area (Å²) in [5.74, 6) is 1.79.